The number of aryl methyl sites for hydroxylation is 2. The summed E-state index contributed by atoms with van der Waals surface area (Å²) in [5.41, 5.74) is 5.19. The number of fused-ring (bicyclic) bond motifs is 3. The number of aromatic nitrogens is 1. The molecule has 0 aliphatic carbocycles. The van der Waals surface area contributed by atoms with E-state index in [1.54, 1.807) is 0 Å². The topological polar surface area (TPSA) is 65.2 Å². The SMILES string of the molecule is Cc1c(C(=O)N2CCC3(CC2)C(=O)Nc2ccc(Br)cc23)[nH]c2c(C)cccc12. The first kappa shape index (κ1) is 18.4. The third-order valence-electron chi connectivity index (χ3n) is 6.60. The van der Waals surface area contributed by atoms with Gasteiger partial charge in [-0.25, -0.2) is 0 Å². The number of nitrogens with one attached hydrogen (secondary N) is 2. The molecule has 148 valence electrons. The molecule has 3 aromatic rings. The Kier molecular flexibility index (Phi) is 4.10. The summed E-state index contributed by atoms with van der Waals surface area (Å²) in [6.07, 6.45) is 1.26. The number of halogens is 1. The fourth-order valence-corrected chi connectivity index (χ4v) is 5.21. The minimum Gasteiger partial charge on any atom is -0.350 e. The fourth-order valence-electron chi connectivity index (χ4n) is 4.85. The number of piperidine rings is 1. The number of benzene rings is 2. The highest BCUT2D eigenvalue weighted by molar-refractivity contribution is 9.10. The van der Waals surface area contributed by atoms with Crippen molar-refractivity contribution in [2.75, 3.05) is 18.4 Å². The standard InChI is InChI=1S/C23H22BrN3O2/c1-13-4-3-5-16-14(2)20(26-19(13)16)21(28)27-10-8-23(9-11-27)17-12-15(24)6-7-18(17)25-22(23)29/h3-7,12,26H,8-11H2,1-2H3,(H,25,29). The molecule has 29 heavy (non-hydrogen) atoms. The molecule has 0 saturated carbocycles. The normalized spacial score (nSPS) is 17.6. The first-order valence-electron chi connectivity index (χ1n) is 9.89. The zero-order chi connectivity index (χ0) is 20.3. The van der Waals surface area contributed by atoms with Gasteiger partial charge in [-0.2, -0.15) is 0 Å². The molecule has 1 fully saturated rings. The Morgan fingerprint density at radius 2 is 1.90 bits per heavy atom. The van der Waals surface area contributed by atoms with E-state index in [-0.39, 0.29) is 11.8 Å². The van der Waals surface area contributed by atoms with Crippen LogP contribution in [0.5, 0.6) is 0 Å². The van der Waals surface area contributed by atoms with Gasteiger partial charge < -0.3 is 15.2 Å². The number of likely N-dealkylation sites (tertiary alicyclic amines) is 1. The molecule has 5 rings (SSSR count). The number of carbonyl (C=O) groups is 2. The second-order valence-corrected chi connectivity index (χ2v) is 9.06. The number of nitrogens with zero attached hydrogens (tertiary/aromatic N) is 1. The number of anilines is 1. The van der Waals surface area contributed by atoms with Crippen LogP contribution < -0.4 is 5.32 Å². The zero-order valence-corrected chi connectivity index (χ0v) is 18.0. The molecule has 0 atom stereocenters. The van der Waals surface area contributed by atoms with Gasteiger partial charge in [-0.1, -0.05) is 34.1 Å². The van der Waals surface area contributed by atoms with E-state index in [1.165, 1.54) is 0 Å². The second-order valence-electron chi connectivity index (χ2n) is 8.14. The van der Waals surface area contributed by atoms with Gasteiger partial charge in [0.05, 0.1) is 5.41 Å². The Morgan fingerprint density at radius 1 is 1.14 bits per heavy atom. The number of para-hydroxylation sites is 1. The summed E-state index contributed by atoms with van der Waals surface area (Å²) >= 11 is 3.52. The molecule has 6 heteroatoms. The number of hydrogen-bond donors (Lipinski definition) is 2. The van der Waals surface area contributed by atoms with Gasteiger partial charge in [0.2, 0.25) is 5.91 Å². The van der Waals surface area contributed by atoms with Gasteiger partial charge >= 0.3 is 0 Å². The first-order valence-corrected chi connectivity index (χ1v) is 10.7. The molecule has 0 unspecified atom stereocenters. The Balaban J connectivity index is 1.43. The van der Waals surface area contributed by atoms with Crippen LogP contribution in [0.25, 0.3) is 10.9 Å². The molecule has 1 spiro atoms. The lowest BCUT2D eigenvalue weighted by Gasteiger charge is -2.38. The molecule has 5 nitrogen and oxygen atoms in total. The predicted molar refractivity (Wildman–Crippen MR) is 117 cm³/mol. The van der Waals surface area contributed by atoms with E-state index in [9.17, 15) is 9.59 Å². The molecule has 2 N–H and O–H groups in total. The minimum atomic E-state index is -0.540. The van der Waals surface area contributed by atoms with Crippen LogP contribution in [0.2, 0.25) is 0 Å². The number of hydrogen-bond acceptors (Lipinski definition) is 2. The Morgan fingerprint density at radius 3 is 2.62 bits per heavy atom. The summed E-state index contributed by atoms with van der Waals surface area (Å²) in [5, 5.41) is 4.12. The molecule has 2 amide bonds. The lowest BCUT2D eigenvalue weighted by atomic mass is 9.73. The van der Waals surface area contributed by atoms with Crippen LogP contribution >= 0.6 is 15.9 Å². The summed E-state index contributed by atoms with van der Waals surface area (Å²) in [5.74, 6) is 0.0657. The van der Waals surface area contributed by atoms with Gasteiger partial charge in [-0.3, -0.25) is 9.59 Å². The maximum Gasteiger partial charge on any atom is 0.270 e. The smallest absolute Gasteiger partial charge is 0.270 e. The van der Waals surface area contributed by atoms with Crippen molar-refractivity contribution in [3.05, 3.63) is 63.3 Å². The number of carbonyl (C=O) groups excluding carboxylic acids is 2. The second kappa shape index (κ2) is 6.46. The van der Waals surface area contributed by atoms with Gasteiger partial charge in [-0.15, -0.1) is 0 Å². The van der Waals surface area contributed by atoms with Gasteiger partial charge in [0, 0.05) is 34.2 Å². The van der Waals surface area contributed by atoms with Crippen LogP contribution in [0.4, 0.5) is 5.69 Å². The van der Waals surface area contributed by atoms with Crippen molar-refractivity contribution in [2.24, 2.45) is 0 Å². The summed E-state index contributed by atoms with van der Waals surface area (Å²) in [7, 11) is 0. The van der Waals surface area contributed by atoms with Crippen molar-refractivity contribution in [2.45, 2.75) is 32.1 Å². The van der Waals surface area contributed by atoms with Gasteiger partial charge in [0.25, 0.3) is 5.91 Å². The van der Waals surface area contributed by atoms with E-state index < -0.39 is 5.41 Å². The molecule has 1 saturated heterocycles. The summed E-state index contributed by atoms with van der Waals surface area (Å²) < 4.78 is 0.967. The monoisotopic (exact) mass is 451 g/mol. The highest BCUT2D eigenvalue weighted by atomic mass is 79.9. The fraction of sp³-hybridized carbons (Fsp3) is 0.304. The molecular weight excluding hydrogens is 430 g/mol. The van der Waals surface area contributed by atoms with Gasteiger partial charge in [0.15, 0.2) is 0 Å². The van der Waals surface area contributed by atoms with Crippen molar-refractivity contribution < 1.29 is 9.59 Å². The Labute approximate surface area is 177 Å². The Hall–Kier alpha value is -2.60. The molecule has 1 aromatic heterocycles. The van der Waals surface area contributed by atoms with E-state index in [4.69, 9.17) is 0 Å². The summed E-state index contributed by atoms with van der Waals surface area (Å²) in [6.45, 7) is 5.17. The Bertz CT molecular complexity index is 1170. The van der Waals surface area contributed by atoms with Crippen LogP contribution in [0.3, 0.4) is 0 Å². The lowest BCUT2D eigenvalue weighted by Crippen LogP contribution is -2.48. The highest BCUT2D eigenvalue weighted by Crippen LogP contribution is 2.46. The predicted octanol–water partition coefficient (Wildman–Crippen LogP) is 4.67. The van der Waals surface area contributed by atoms with E-state index in [1.807, 2.05) is 55.1 Å². The van der Waals surface area contributed by atoms with E-state index in [0.29, 0.717) is 31.6 Å². The van der Waals surface area contributed by atoms with Crippen LogP contribution in [0.1, 0.15) is 40.0 Å². The van der Waals surface area contributed by atoms with Crippen molar-refractivity contribution in [1.82, 2.24) is 9.88 Å². The van der Waals surface area contributed by atoms with Crippen LogP contribution in [-0.4, -0.2) is 34.8 Å². The zero-order valence-electron chi connectivity index (χ0n) is 16.4. The maximum atomic E-state index is 13.3. The molecular formula is C23H22BrN3O2. The summed E-state index contributed by atoms with van der Waals surface area (Å²) in [4.78, 5) is 31.3. The van der Waals surface area contributed by atoms with Crippen molar-refractivity contribution >= 4 is 44.3 Å². The van der Waals surface area contributed by atoms with Crippen molar-refractivity contribution in [3.8, 4) is 0 Å². The first-order chi connectivity index (χ1) is 13.9. The lowest BCUT2D eigenvalue weighted by molar-refractivity contribution is -0.122. The van der Waals surface area contributed by atoms with Gasteiger partial charge in [0.1, 0.15) is 5.69 Å². The molecule has 2 aromatic carbocycles. The molecule has 2 aliphatic rings. The quantitative estimate of drug-likeness (QED) is 0.564. The molecule has 0 radical (unpaired) electrons. The minimum absolute atomic E-state index is 0.0146. The molecule has 2 aliphatic heterocycles. The van der Waals surface area contributed by atoms with E-state index in [0.717, 1.165) is 37.8 Å². The largest absolute Gasteiger partial charge is 0.350 e. The van der Waals surface area contributed by atoms with E-state index >= 15 is 0 Å². The number of rotatable bonds is 1. The van der Waals surface area contributed by atoms with Crippen molar-refractivity contribution in [3.63, 3.8) is 0 Å². The summed E-state index contributed by atoms with van der Waals surface area (Å²) in [6, 6.07) is 12.0. The van der Waals surface area contributed by atoms with Crippen LogP contribution in [-0.2, 0) is 10.2 Å². The van der Waals surface area contributed by atoms with Crippen LogP contribution in [0, 0.1) is 13.8 Å². The third kappa shape index (κ3) is 2.65. The van der Waals surface area contributed by atoms with E-state index in [2.05, 4.69) is 26.2 Å². The van der Waals surface area contributed by atoms with Crippen LogP contribution in [0.15, 0.2) is 40.9 Å². The average molecular weight is 452 g/mol. The molecule has 0 bridgehead atoms. The molecule has 3 heterocycles. The average Bonchev–Trinajstić information content (AvgIpc) is 3.19. The van der Waals surface area contributed by atoms with Gasteiger partial charge in [-0.05, 0) is 61.6 Å². The number of amides is 2. The highest BCUT2D eigenvalue weighted by Gasteiger charge is 2.49. The number of H-pyrrole nitrogens is 1. The third-order valence-corrected chi connectivity index (χ3v) is 7.09. The maximum absolute atomic E-state index is 13.3. The van der Waals surface area contributed by atoms with Crippen molar-refractivity contribution in [1.29, 1.82) is 0 Å². The number of aromatic amines is 1.